The molecule has 0 bridgehead atoms. The van der Waals surface area contributed by atoms with Crippen LogP contribution >= 0.6 is 0 Å². The number of benzene rings is 1. The van der Waals surface area contributed by atoms with Gasteiger partial charge in [0, 0.05) is 17.7 Å². The van der Waals surface area contributed by atoms with Crippen LogP contribution in [-0.2, 0) is 0 Å². The molecule has 0 radical (unpaired) electrons. The molecule has 2 nitrogen and oxygen atoms in total. The predicted molar refractivity (Wildman–Crippen MR) is 48.6 cm³/mol. The van der Waals surface area contributed by atoms with Crippen molar-refractivity contribution in [1.29, 1.82) is 0 Å². The summed E-state index contributed by atoms with van der Waals surface area (Å²) in [5.74, 6) is 0.828. The molecule has 0 fully saturated rings. The fraction of sp³-hybridized carbons (Fsp3) is 0. The molecule has 1 aliphatic rings. The number of rotatable bonds is 1. The van der Waals surface area contributed by atoms with Crippen molar-refractivity contribution >= 4 is 5.70 Å². The quantitative estimate of drug-likeness (QED) is 0.612. The fourth-order valence-electron chi connectivity index (χ4n) is 1.27. The van der Waals surface area contributed by atoms with Gasteiger partial charge in [-0.1, -0.05) is 18.2 Å². The summed E-state index contributed by atoms with van der Waals surface area (Å²) in [6.07, 6.45) is 3.95. The van der Waals surface area contributed by atoms with Crippen LogP contribution in [0.1, 0.15) is 5.56 Å². The molecule has 1 aliphatic heterocycles. The molecule has 4 N–H and O–H groups in total. The minimum Gasteiger partial charge on any atom is -0.355 e. The van der Waals surface area contributed by atoms with E-state index in [4.69, 9.17) is 5.73 Å². The van der Waals surface area contributed by atoms with E-state index in [1.54, 1.807) is 0 Å². The van der Waals surface area contributed by atoms with Gasteiger partial charge in [-0.25, -0.2) is 0 Å². The molecule has 2 heteroatoms. The van der Waals surface area contributed by atoms with Gasteiger partial charge in [0.25, 0.3) is 0 Å². The highest BCUT2D eigenvalue weighted by Gasteiger charge is 2.10. The Morgan fingerprint density at radius 2 is 1.75 bits per heavy atom. The van der Waals surface area contributed by atoms with Crippen LogP contribution in [0.3, 0.4) is 0 Å². The summed E-state index contributed by atoms with van der Waals surface area (Å²) in [5, 5.41) is 1.98. The van der Waals surface area contributed by atoms with Crippen LogP contribution in [0, 0.1) is 0 Å². The van der Waals surface area contributed by atoms with Gasteiger partial charge in [0.05, 0.1) is 0 Å². The van der Waals surface area contributed by atoms with Gasteiger partial charge in [-0.3, -0.25) is 5.32 Å². The molecule has 0 amide bonds. The summed E-state index contributed by atoms with van der Waals surface area (Å²) in [5.41, 5.74) is 8.02. The summed E-state index contributed by atoms with van der Waals surface area (Å²) in [7, 11) is 0. The average Bonchev–Trinajstić information content (AvgIpc) is 2.54. The number of quaternary nitrogens is 1. The van der Waals surface area contributed by atoms with Crippen LogP contribution in [0.5, 0.6) is 0 Å². The number of hydrogen-bond acceptors (Lipinski definition) is 1. The molecular formula is C10H11N2+. The van der Waals surface area contributed by atoms with E-state index in [2.05, 4.69) is 12.1 Å². The van der Waals surface area contributed by atoms with Gasteiger partial charge in [-0.15, -0.1) is 0 Å². The summed E-state index contributed by atoms with van der Waals surface area (Å²) >= 11 is 0. The molecule has 0 aromatic heterocycles. The SMILES string of the molecule is NC1=CC=C(c2ccccc2)[NH2+]1. The van der Waals surface area contributed by atoms with Gasteiger partial charge in [-0.2, -0.15) is 0 Å². The normalized spacial score (nSPS) is 15.7. The summed E-state index contributed by atoms with van der Waals surface area (Å²) < 4.78 is 0. The molecule has 12 heavy (non-hydrogen) atoms. The topological polar surface area (TPSA) is 42.6 Å². The lowest BCUT2D eigenvalue weighted by atomic mass is 10.2. The zero-order valence-corrected chi connectivity index (χ0v) is 6.70. The van der Waals surface area contributed by atoms with E-state index in [9.17, 15) is 0 Å². The zero-order chi connectivity index (χ0) is 8.39. The lowest BCUT2D eigenvalue weighted by Gasteiger charge is -1.98. The minimum atomic E-state index is 0.828. The third-order valence-corrected chi connectivity index (χ3v) is 1.88. The summed E-state index contributed by atoms with van der Waals surface area (Å²) in [6.45, 7) is 0. The number of nitrogens with two attached hydrogens (primary N) is 2. The third kappa shape index (κ3) is 1.24. The lowest BCUT2D eigenvalue weighted by Crippen LogP contribution is -2.79. The van der Waals surface area contributed by atoms with Gasteiger partial charge < -0.3 is 5.73 Å². The molecule has 0 saturated heterocycles. The second kappa shape index (κ2) is 2.83. The Labute approximate surface area is 71.4 Å². The largest absolute Gasteiger partial charge is 0.355 e. The van der Waals surface area contributed by atoms with Crippen LogP contribution in [0.15, 0.2) is 48.3 Å². The molecule has 0 spiro atoms. The third-order valence-electron chi connectivity index (χ3n) is 1.88. The van der Waals surface area contributed by atoms with Crippen molar-refractivity contribution in [3.8, 4) is 0 Å². The Morgan fingerprint density at radius 1 is 1.00 bits per heavy atom. The predicted octanol–water partition coefficient (Wildman–Crippen LogP) is 0.405. The van der Waals surface area contributed by atoms with Crippen molar-refractivity contribution in [3.63, 3.8) is 0 Å². The van der Waals surface area contributed by atoms with Crippen molar-refractivity contribution in [1.82, 2.24) is 0 Å². The second-order valence-electron chi connectivity index (χ2n) is 2.80. The molecule has 60 valence electrons. The van der Waals surface area contributed by atoms with Crippen LogP contribution < -0.4 is 11.1 Å². The van der Waals surface area contributed by atoms with Crippen molar-refractivity contribution in [3.05, 3.63) is 53.9 Å². The molecule has 0 unspecified atom stereocenters. The Balaban J connectivity index is 2.25. The highest BCUT2D eigenvalue weighted by Crippen LogP contribution is 2.09. The monoisotopic (exact) mass is 159 g/mol. The van der Waals surface area contributed by atoms with E-state index < -0.39 is 0 Å². The smallest absolute Gasteiger partial charge is 0.200 e. The number of allylic oxidation sites excluding steroid dienone is 2. The van der Waals surface area contributed by atoms with Crippen LogP contribution in [-0.4, -0.2) is 0 Å². The van der Waals surface area contributed by atoms with E-state index in [1.807, 2.05) is 35.7 Å². The van der Waals surface area contributed by atoms with E-state index in [0.717, 1.165) is 5.82 Å². The van der Waals surface area contributed by atoms with Crippen LogP contribution in [0.25, 0.3) is 5.70 Å². The van der Waals surface area contributed by atoms with Crippen LogP contribution in [0.4, 0.5) is 0 Å². The molecule has 0 aliphatic carbocycles. The van der Waals surface area contributed by atoms with Gasteiger partial charge in [0.15, 0.2) is 0 Å². The first-order valence-electron chi connectivity index (χ1n) is 3.94. The molecule has 2 rings (SSSR count). The van der Waals surface area contributed by atoms with Crippen molar-refractivity contribution < 1.29 is 5.32 Å². The van der Waals surface area contributed by atoms with Gasteiger partial charge in [-0.05, 0) is 12.1 Å². The molecular weight excluding hydrogens is 148 g/mol. The highest BCUT2D eigenvalue weighted by atomic mass is 15.0. The zero-order valence-electron chi connectivity index (χ0n) is 6.70. The first-order valence-corrected chi connectivity index (χ1v) is 3.94. The highest BCUT2D eigenvalue weighted by molar-refractivity contribution is 5.61. The average molecular weight is 159 g/mol. The van der Waals surface area contributed by atoms with Gasteiger partial charge in [0.2, 0.25) is 5.82 Å². The molecule has 1 aromatic carbocycles. The Hall–Kier alpha value is -1.54. The van der Waals surface area contributed by atoms with Crippen molar-refractivity contribution in [2.24, 2.45) is 5.73 Å². The van der Waals surface area contributed by atoms with E-state index in [-0.39, 0.29) is 0 Å². The Kier molecular flexibility index (Phi) is 1.68. The fourth-order valence-corrected chi connectivity index (χ4v) is 1.27. The summed E-state index contributed by atoms with van der Waals surface area (Å²) in [6, 6.07) is 10.2. The lowest BCUT2D eigenvalue weighted by molar-refractivity contribution is -0.506. The first-order chi connectivity index (χ1) is 5.86. The Bertz CT molecular complexity index is 336. The van der Waals surface area contributed by atoms with Gasteiger partial charge in [0.1, 0.15) is 5.70 Å². The molecule has 1 heterocycles. The van der Waals surface area contributed by atoms with Crippen LogP contribution in [0.2, 0.25) is 0 Å². The molecule has 0 atom stereocenters. The number of hydrogen-bond donors (Lipinski definition) is 2. The molecule has 0 saturated carbocycles. The maximum absolute atomic E-state index is 5.62. The van der Waals surface area contributed by atoms with Crippen molar-refractivity contribution in [2.75, 3.05) is 0 Å². The maximum Gasteiger partial charge on any atom is 0.200 e. The first kappa shape index (κ1) is 7.13. The minimum absolute atomic E-state index is 0.828. The summed E-state index contributed by atoms with van der Waals surface area (Å²) in [4.78, 5) is 0. The van der Waals surface area contributed by atoms with E-state index >= 15 is 0 Å². The second-order valence-corrected chi connectivity index (χ2v) is 2.80. The molecule has 1 aromatic rings. The standard InChI is InChI=1S/C10H10N2/c11-10-7-6-9(12-10)8-4-2-1-3-5-8/h1-7,12H,11H2/p+1. The van der Waals surface area contributed by atoms with Crippen molar-refractivity contribution in [2.45, 2.75) is 0 Å². The van der Waals surface area contributed by atoms with E-state index in [0.29, 0.717) is 0 Å². The Morgan fingerprint density at radius 3 is 2.33 bits per heavy atom. The maximum atomic E-state index is 5.62. The van der Waals surface area contributed by atoms with E-state index in [1.165, 1.54) is 11.3 Å². The van der Waals surface area contributed by atoms with Gasteiger partial charge >= 0.3 is 0 Å².